The van der Waals surface area contributed by atoms with E-state index in [4.69, 9.17) is 24.8 Å². The molecule has 1 unspecified atom stereocenters. The van der Waals surface area contributed by atoms with Crippen LogP contribution in [0.5, 0.6) is 0 Å². The van der Waals surface area contributed by atoms with Crippen LogP contribution in [0.25, 0.3) is 0 Å². The van der Waals surface area contributed by atoms with Crippen LogP contribution in [0.4, 0.5) is 0 Å². The van der Waals surface area contributed by atoms with E-state index in [2.05, 4.69) is 42.7 Å². The number of aliphatic carboxylic acids is 1. The lowest BCUT2D eigenvalue weighted by Gasteiger charge is -2.20. The van der Waals surface area contributed by atoms with Crippen molar-refractivity contribution in [2.45, 2.75) is 219 Å². The third-order valence-corrected chi connectivity index (χ3v) is 10.6. The van der Waals surface area contributed by atoms with Gasteiger partial charge in [0.2, 0.25) is 0 Å². The first-order chi connectivity index (χ1) is 27.1. The molecule has 11 nitrogen and oxygen atoms in total. The summed E-state index contributed by atoms with van der Waals surface area (Å²) >= 11 is 0. The number of phosphoric acid groups is 1. The van der Waals surface area contributed by atoms with Crippen LogP contribution in [-0.2, 0) is 37.5 Å². The molecule has 4 N–H and O–H groups in total. The summed E-state index contributed by atoms with van der Waals surface area (Å²) in [5.74, 6) is -2.39. The molecule has 0 fully saturated rings. The van der Waals surface area contributed by atoms with E-state index in [1.54, 1.807) is 0 Å². The molecule has 0 amide bonds. The minimum atomic E-state index is -4.72. The number of ether oxygens (including phenoxy) is 2. The van der Waals surface area contributed by atoms with Crippen LogP contribution < -0.4 is 5.73 Å². The first-order valence-electron chi connectivity index (χ1n) is 22.4. The SMILES string of the molecule is CCCCCCCC/C=C\CCCCCCCCCC(=O)O[C@H](COC(=O)CCCCCCC/C=C\CCCCCCCC)COP(=O)(O)OC[C@H](N)C(=O)O. The topological polar surface area (TPSA) is 172 Å². The number of hydrogen-bond donors (Lipinski definition) is 3. The van der Waals surface area contributed by atoms with Gasteiger partial charge in [0.15, 0.2) is 6.10 Å². The molecule has 0 heterocycles. The van der Waals surface area contributed by atoms with Gasteiger partial charge in [-0.15, -0.1) is 0 Å². The molecule has 3 atom stereocenters. The Balaban J connectivity index is 4.35. The fraction of sp³-hybridized carbons (Fsp3) is 0.841. The van der Waals surface area contributed by atoms with Crippen LogP contribution in [0.1, 0.15) is 206 Å². The lowest BCUT2D eigenvalue weighted by molar-refractivity contribution is -0.161. The zero-order chi connectivity index (χ0) is 41.4. The molecule has 0 aromatic rings. The van der Waals surface area contributed by atoms with Crippen LogP contribution >= 0.6 is 7.82 Å². The van der Waals surface area contributed by atoms with Gasteiger partial charge in [-0.25, -0.2) is 4.57 Å². The second kappa shape index (κ2) is 39.8. The van der Waals surface area contributed by atoms with E-state index >= 15 is 0 Å². The van der Waals surface area contributed by atoms with Gasteiger partial charge in [-0.3, -0.25) is 23.4 Å². The molecule has 0 saturated carbocycles. The number of carboxylic acid groups (broad SMARTS) is 1. The summed E-state index contributed by atoms with van der Waals surface area (Å²) in [5, 5.41) is 8.89. The van der Waals surface area contributed by atoms with Crippen LogP contribution in [0.3, 0.4) is 0 Å². The summed E-state index contributed by atoms with van der Waals surface area (Å²) in [7, 11) is -4.72. The fourth-order valence-corrected chi connectivity index (χ4v) is 6.89. The van der Waals surface area contributed by atoms with E-state index < -0.39 is 51.1 Å². The maximum absolute atomic E-state index is 12.6. The third-order valence-electron chi connectivity index (χ3n) is 9.67. The summed E-state index contributed by atoms with van der Waals surface area (Å²) in [6.07, 6.45) is 40.9. The van der Waals surface area contributed by atoms with Crippen molar-refractivity contribution in [3.05, 3.63) is 24.3 Å². The monoisotopic (exact) mass is 816 g/mol. The molecule has 12 heteroatoms. The van der Waals surface area contributed by atoms with Gasteiger partial charge in [-0.2, -0.15) is 0 Å². The van der Waals surface area contributed by atoms with Crippen LogP contribution in [-0.4, -0.2) is 59.9 Å². The molecule has 0 spiro atoms. The Morgan fingerprint density at radius 3 is 1.30 bits per heavy atom. The summed E-state index contributed by atoms with van der Waals surface area (Å²) in [5.41, 5.74) is 5.33. The molecule has 0 saturated heterocycles. The zero-order valence-corrected chi connectivity index (χ0v) is 36.4. The summed E-state index contributed by atoms with van der Waals surface area (Å²) in [6, 6.07) is -1.52. The van der Waals surface area contributed by atoms with Gasteiger partial charge >= 0.3 is 25.7 Å². The number of carbonyl (C=O) groups is 3. The summed E-state index contributed by atoms with van der Waals surface area (Å²) < 4.78 is 32.7. The Morgan fingerprint density at radius 2 is 0.893 bits per heavy atom. The molecular weight excluding hydrogens is 733 g/mol. The second-order valence-corrected chi connectivity index (χ2v) is 16.6. The van der Waals surface area contributed by atoms with Crippen molar-refractivity contribution < 1.29 is 47.5 Å². The van der Waals surface area contributed by atoms with Gasteiger partial charge in [0.1, 0.15) is 12.6 Å². The number of rotatable bonds is 42. The van der Waals surface area contributed by atoms with Gasteiger partial charge in [0.25, 0.3) is 0 Å². The van der Waals surface area contributed by atoms with Crippen molar-refractivity contribution in [1.29, 1.82) is 0 Å². The molecular formula is C44H82NO10P. The fourth-order valence-electron chi connectivity index (χ4n) is 6.11. The Kier molecular flexibility index (Phi) is 38.3. The van der Waals surface area contributed by atoms with Crippen LogP contribution in [0.2, 0.25) is 0 Å². The maximum Gasteiger partial charge on any atom is 0.472 e. The van der Waals surface area contributed by atoms with Crippen LogP contribution in [0.15, 0.2) is 24.3 Å². The van der Waals surface area contributed by atoms with Gasteiger partial charge in [0, 0.05) is 12.8 Å². The predicted molar refractivity (Wildman–Crippen MR) is 226 cm³/mol. The highest BCUT2D eigenvalue weighted by Gasteiger charge is 2.28. The highest BCUT2D eigenvalue weighted by atomic mass is 31.2. The van der Waals surface area contributed by atoms with Crippen molar-refractivity contribution in [3.63, 3.8) is 0 Å². The molecule has 0 aromatic heterocycles. The number of carbonyl (C=O) groups excluding carboxylic acids is 2. The first kappa shape index (κ1) is 54.0. The molecule has 56 heavy (non-hydrogen) atoms. The smallest absolute Gasteiger partial charge is 0.472 e. The van der Waals surface area contributed by atoms with E-state index in [9.17, 15) is 23.8 Å². The zero-order valence-electron chi connectivity index (χ0n) is 35.5. The Morgan fingerprint density at radius 1 is 0.536 bits per heavy atom. The minimum Gasteiger partial charge on any atom is -0.480 e. The van der Waals surface area contributed by atoms with E-state index in [-0.39, 0.29) is 19.4 Å². The summed E-state index contributed by atoms with van der Waals surface area (Å²) in [4.78, 5) is 46.0. The van der Waals surface area contributed by atoms with Gasteiger partial charge in [-0.05, 0) is 64.2 Å². The third kappa shape index (κ3) is 38.8. The van der Waals surface area contributed by atoms with E-state index in [0.717, 1.165) is 70.6 Å². The molecule has 0 aliphatic carbocycles. The molecule has 328 valence electrons. The van der Waals surface area contributed by atoms with Gasteiger partial charge < -0.3 is 25.2 Å². The lowest BCUT2D eigenvalue weighted by atomic mass is 10.1. The molecule has 0 rings (SSSR count). The van der Waals surface area contributed by atoms with Crippen molar-refractivity contribution in [1.82, 2.24) is 0 Å². The number of carboxylic acids is 1. The number of nitrogens with two attached hydrogens (primary N) is 1. The molecule has 0 aliphatic rings. The van der Waals surface area contributed by atoms with E-state index in [0.29, 0.717) is 12.8 Å². The predicted octanol–water partition coefficient (Wildman–Crippen LogP) is 11.8. The largest absolute Gasteiger partial charge is 0.480 e. The second-order valence-electron chi connectivity index (χ2n) is 15.2. The van der Waals surface area contributed by atoms with Gasteiger partial charge in [0.05, 0.1) is 13.2 Å². The number of hydrogen-bond acceptors (Lipinski definition) is 9. The molecule has 0 aromatic carbocycles. The van der Waals surface area contributed by atoms with Crippen LogP contribution in [0, 0.1) is 0 Å². The highest BCUT2D eigenvalue weighted by molar-refractivity contribution is 7.47. The number of phosphoric ester groups is 1. The van der Waals surface area contributed by atoms with Gasteiger partial charge in [-0.1, -0.05) is 154 Å². The van der Waals surface area contributed by atoms with E-state index in [1.165, 1.54) is 96.3 Å². The number of esters is 2. The Bertz CT molecular complexity index is 1050. The number of unbranched alkanes of at least 4 members (excludes halogenated alkanes) is 24. The standard InChI is InChI=1S/C44H82NO10P/c1-3-5-7-9-11-13-15-17-19-20-22-24-26-28-30-32-34-36-43(47)55-40(38-53-56(50,51)54-39-41(45)44(48)49)37-52-42(46)35-33-31-29-27-25-23-21-18-16-14-12-10-8-6-4-2/h17-19,21,40-41H,3-16,20,22-39,45H2,1-2H3,(H,48,49)(H,50,51)/b19-17-,21-18-/t40-,41+/m1/s1. The lowest BCUT2D eigenvalue weighted by Crippen LogP contribution is -2.34. The molecule has 0 aliphatic heterocycles. The average Bonchev–Trinajstić information content (AvgIpc) is 3.17. The van der Waals surface area contributed by atoms with Crippen molar-refractivity contribution in [2.24, 2.45) is 5.73 Å². The van der Waals surface area contributed by atoms with E-state index in [1.807, 2.05) is 0 Å². The maximum atomic E-state index is 12.6. The van der Waals surface area contributed by atoms with Crippen molar-refractivity contribution in [2.75, 3.05) is 19.8 Å². The van der Waals surface area contributed by atoms with Crippen molar-refractivity contribution >= 4 is 25.7 Å². The normalized spacial score (nSPS) is 13.9. The number of allylic oxidation sites excluding steroid dienone is 4. The average molecular weight is 816 g/mol. The Labute approximate surface area is 340 Å². The Hall–Kier alpha value is -2.04. The first-order valence-corrected chi connectivity index (χ1v) is 23.9. The summed E-state index contributed by atoms with van der Waals surface area (Å²) in [6.45, 7) is 2.79. The quantitative estimate of drug-likeness (QED) is 0.0232. The molecule has 0 bridgehead atoms. The highest BCUT2D eigenvalue weighted by Crippen LogP contribution is 2.43. The molecule has 0 radical (unpaired) electrons. The minimum absolute atomic E-state index is 0.156. The van der Waals surface area contributed by atoms with Crippen molar-refractivity contribution in [3.8, 4) is 0 Å².